The number of carbonyl (C=O) groups excluding carboxylic acids is 1. The second kappa shape index (κ2) is 12.9. The van der Waals surface area contributed by atoms with Gasteiger partial charge >= 0.3 is 5.97 Å². The predicted molar refractivity (Wildman–Crippen MR) is 73.8 cm³/mol. The van der Waals surface area contributed by atoms with Crippen LogP contribution in [0.3, 0.4) is 0 Å². The zero-order valence-electron chi connectivity index (χ0n) is 9.51. The molecule has 0 saturated heterocycles. The van der Waals surface area contributed by atoms with Gasteiger partial charge in [-0.1, -0.05) is 47.3 Å². The van der Waals surface area contributed by atoms with Gasteiger partial charge in [0.05, 0.1) is 6.61 Å². The summed E-state index contributed by atoms with van der Waals surface area (Å²) in [5, 5.41) is 3.56. The number of esters is 1. The fourth-order valence-electron chi connectivity index (χ4n) is 1.19. The number of carbonyl (C=O) groups is 1. The van der Waals surface area contributed by atoms with Crippen LogP contribution in [-0.2, 0) is 9.53 Å². The van der Waals surface area contributed by atoms with E-state index in [2.05, 4.69) is 39.7 Å². The van der Waals surface area contributed by atoms with Crippen LogP contribution >= 0.6 is 28.6 Å². The van der Waals surface area contributed by atoms with Gasteiger partial charge in [-0.25, -0.2) is 0 Å². The Morgan fingerprint density at radius 2 is 1.94 bits per heavy atom. The molecule has 0 aliphatic carbocycles. The maximum atomic E-state index is 11.2. The minimum Gasteiger partial charge on any atom is -0.466 e. The highest BCUT2D eigenvalue weighted by Crippen LogP contribution is 2.03. The van der Waals surface area contributed by atoms with Crippen molar-refractivity contribution in [3.05, 3.63) is 0 Å². The number of halogens is 1. The van der Waals surface area contributed by atoms with Gasteiger partial charge in [-0.2, -0.15) is 0 Å². The highest BCUT2D eigenvalue weighted by Gasteiger charge is 2.01. The van der Waals surface area contributed by atoms with Crippen LogP contribution in [-0.4, -0.2) is 17.9 Å². The van der Waals surface area contributed by atoms with Gasteiger partial charge in [0.25, 0.3) is 0 Å². The topological polar surface area (TPSA) is 26.3 Å². The molecule has 0 aromatic heterocycles. The van der Waals surface area contributed by atoms with Crippen molar-refractivity contribution in [3.63, 3.8) is 0 Å². The lowest BCUT2D eigenvalue weighted by atomic mass is 10.2. The van der Waals surface area contributed by atoms with Gasteiger partial charge in [0.2, 0.25) is 0 Å². The van der Waals surface area contributed by atoms with E-state index < -0.39 is 0 Å². The summed E-state index contributed by atoms with van der Waals surface area (Å²) in [6.07, 6.45) is 6.42. The van der Waals surface area contributed by atoms with Crippen LogP contribution in [0.15, 0.2) is 0 Å². The summed E-state index contributed by atoms with van der Waals surface area (Å²) in [6, 6.07) is 0. The van der Waals surface area contributed by atoms with Gasteiger partial charge in [-0.3, -0.25) is 4.79 Å². The van der Waals surface area contributed by atoms with Gasteiger partial charge in [0.1, 0.15) is 0 Å². The third-order valence-corrected chi connectivity index (χ3v) is 2.77. The molecule has 0 aromatic carbocycles. The molecule has 0 unspecified atom stereocenters. The molecule has 4 heteroatoms. The zero-order chi connectivity index (χ0) is 12.1. The standard InChI is InChI=1S/C12H19BrO2S/c13-9-5-1-2-6-10-15-12(14)8-4-3-7-11-16/h16H,1-6,8-10H2. The number of hydrogen-bond donors (Lipinski definition) is 1. The van der Waals surface area contributed by atoms with Crippen LogP contribution in [0.4, 0.5) is 0 Å². The molecule has 0 saturated carbocycles. The van der Waals surface area contributed by atoms with E-state index in [4.69, 9.17) is 4.74 Å². The van der Waals surface area contributed by atoms with E-state index in [0.717, 1.165) is 24.6 Å². The number of thiol groups is 1. The van der Waals surface area contributed by atoms with E-state index in [1.807, 2.05) is 0 Å². The molecule has 0 N–H and O–H groups in total. The molecule has 0 heterocycles. The Hall–Kier alpha value is -0.140. The quantitative estimate of drug-likeness (QED) is 0.232. The number of unbranched alkanes of at least 4 members (excludes halogenated alkanes) is 4. The van der Waals surface area contributed by atoms with Crippen molar-refractivity contribution in [1.82, 2.24) is 0 Å². The molecule has 0 amide bonds. The van der Waals surface area contributed by atoms with E-state index >= 15 is 0 Å². The minimum absolute atomic E-state index is 0.110. The third kappa shape index (κ3) is 11.9. The first-order chi connectivity index (χ1) is 7.81. The molecule has 16 heavy (non-hydrogen) atoms. The summed E-state index contributed by atoms with van der Waals surface area (Å²) in [7, 11) is 0. The van der Waals surface area contributed by atoms with Crippen LogP contribution < -0.4 is 0 Å². The molecule has 0 radical (unpaired) electrons. The molecule has 2 nitrogen and oxygen atoms in total. The van der Waals surface area contributed by atoms with Crippen LogP contribution in [0.1, 0.15) is 44.9 Å². The molecule has 0 fully saturated rings. The lowest BCUT2D eigenvalue weighted by Gasteiger charge is -2.03. The monoisotopic (exact) mass is 306 g/mol. The van der Waals surface area contributed by atoms with Gasteiger partial charge in [0.15, 0.2) is 0 Å². The summed E-state index contributed by atoms with van der Waals surface area (Å²) in [5.74, 6) is 2.69. The van der Waals surface area contributed by atoms with E-state index in [1.54, 1.807) is 0 Å². The Kier molecular flexibility index (Phi) is 12.8. The third-order valence-electron chi connectivity index (χ3n) is 2.05. The number of ether oxygens (including phenoxy) is 1. The number of hydrogen-bond acceptors (Lipinski definition) is 3. The van der Waals surface area contributed by atoms with E-state index in [-0.39, 0.29) is 5.97 Å². The first-order valence-corrected chi connectivity index (χ1v) is 7.21. The normalized spacial score (nSPS) is 9.38. The second-order valence-electron chi connectivity index (χ2n) is 3.47. The van der Waals surface area contributed by atoms with E-state index in [0.29, 0.717) is 19.4 Å². The van der Waals surface area contributed by atoms with E-state index in [1.165, 1.54) is 12.8 Å². The summed E-state index contributed by atoms with van der Waals surface area (Å²) in [6.45, 7) is 0.555. The molecule has 92 valence electrons. The molecule has 0 aliphatic heterocycles. The largest absolute Gasteiger partial charge is 0.466 e. The second-order valence-corrected chi connectivity index (χ2v) is 4.48. The average Bonchev–Trinajstić information content (AvgIpc) is 2.29. The smallest absolute Gasteiger partial charge is 0.305 e. The van der Waals surface area contributed by atoms with Gasteiger partial charge in [-0.05, 0) is 24.5 Å². The maximum absolute atomic E-state index is 11.2. The Morgan fingerprint density at radius 1 is 1.19 bits per heavy atom. The number of rotatable bonds is 9. The molecule has 0 rings (SSSR count). The van der Waals surface area contributed by atoms with Gasteiger partial charge in [0, 0.05) is 18.2 Å². The summed E-state index contributed by atoms with van der Waals surface area (Å²) < 4.78 is 5.08. The SMILES string of the molecule is O=C(CCCC#CS)OCCCCCCBr. The maximum Gasteiger partial charge on any atom is 0.305 e. The van der Waals surface area contributed by atoms with Crippen molar-refractivity contribution in [3.8, 4) is 11.2 Å². The highest BCUT2D eigenvalue weighted by atomic mass is 79.9. The Morgan fingerprint density at radius 3 is 2.62 bits per heavy atom. The lowest BCUT2D eigenvalue weighted by molar-refractivity contribution is -0.143. The summed E-state index contributed by atoms with van der Waals surface area (Å²) >= 11 is 7.14. The van der Waals surface area contributed by atoms with Crippen molar-refractivity contribution in [2.24, 2.45) is 0 Å². The molecule has 0 aromatic rings. The zero-order valence-corrected chi connectivity index (χ0v) is 12.0. The fourth-order valence-corrected chi connectivity index (χ4v) is 1.69. The summed E-state index contributed by atoms with van der Waals surface area (Å²) in [5.41, 5.74) is 0. The van der Waals surface area contributed by atoms with Gasteiger partial charge < -0.3 is 4.74 Å². The van der Waals surface area contributed by atoms with Crippen LogP contribution in [0.5, 0.6) is 0 Å². The van der Waals surface area contributed by atoms with Crippen LogP contribution in [0.25, 0.3) is 0 Å². The van der Waals surface area contributed by atoms with Crippen molar-refractivity contribution in [2.75, 3.05) is 11.9 Å². The molecular formula is C12H19BrO2S. The molecule has 0 atom stereocenters. The lowest BCUT2D eigenvalue weighted by Crippen LogP contribution is -2.05. The number of alkyl halides is 1. The molecule has 0 spiro atoms. The van der Waals surface area contributed by atoms with Crippen molar-refractivity contribution < 1.29 is 9.53 Å². The minimum atomic E-state index is -0.110. The van der Waals surface area contributed by atoms with E-state index in [9.17, 15) is 4.79 Å². The van der Waals surface area contributed by atoms with Crippen LogP contribution in [0, 0.1) is 11.2 Å². The van der Waals surface area contributed by atoms with Crippen molar-refractivity contribution in [1.29, 1.82) is 0 Å². The molecular weight excluding hydrogens is 288 g/mol. The van der Waals surface area contributed by atoms with Crippen LogP contribution in [0.2, 0.25) is 0 Å². The Bertz CT molecular complexity index is 233. The predicted octanol–water partition coefficient (Wildman–Crippen LogP) is 3.55. The molecule has 0 bridgehead atoms. The average molecular weight is 307 g/mol. The first kappa shape index (κ1) is 15.9. The Labute approximate surface area is 112 Å². The fraction of sp³-hybridized carbons (Fsp3) is 0.750. The molecule has 0 aliphatic rings. The highest BCUT2D eigenvalue weighted by molar-refractivity contribution is 9.09. The van der Waals surface area contributed by atoms with Crippen molar-refractivity contribution >= 4 is 34.5 Å². The Balaban J connectivity index is 3.19. The summed E-state index contributed by atoms with van der Waals surface area (Å²) in [4.78, 5) is 11.2. The first-order valence-electron chi connectivity index (χ1n) is 5.64. The van der Waals surface area contributed by atoms with Crippen molar-refractivity contribution in [2.45, 2.75) is 44.9 Å². The van der Waals surface area contributed by atoms with Gasteiger partial charge in [-0.15, -0.1) is 0 Å².